The average Bonchev–Trinajstić information content (AvgIpc) is 0.722. The summed E-state index contributed by atoms with van der Waals surface area (Å²) in [6, 6.07) is 0. The summed E-state index contributed by atoms with van der Waals surface area (Å²) >= 11 is 0. The van der Waals surface area contributed by atoms with Crippen LogP contribution in [-0.2, 0) is 10.4 Å². The Morgan fingerprint density at radius 2 is 1.00 bits per heavy atom. The summed E-state index contributed by atoms with van der Waals surface area (Å²) in [5, 5.41) is 0. The van der Waals surface area contributed by atoms with Crippen LogP contribution >= 0.6 is 17.0 Å². The van der Waals surface area contributed by atoms with E-state index in [0.717, 1.165) is 0 Å². The van der Waals surface area contributed by atoms with Gasteiger partial charge < -0.3 is 20.1 Å². The van der Waals surface area contributed by atoms with Crippen LogP contribution in [0.25, 0.3) is 0 Å². The van der Waals surface area contributed by atoms with Crippen LogP contribution in [0, 0.1) is 0 Å². The summed E-state index contributed by atoms with van der Waals surface area (Å²) in [6.07, 6.45) is 0. The van der Waals surface area contributed by atoms with Crippen LogP contribution in [0.1, 0.15) is 0 Å². The summed E-state index contributed by atoms with van der Waals surface area (Å²) in [5.74, 6) is 0. The topological polar surface area (TPSA) is 143 Å². The van der Waals surface area contributed by atoms with Crippen LogP contribution in [0.15, 0.2) is 0 Å². The van der Waals surface area contributed by atoms with Gasteiger partial charge in [0.15, 0.2) is 0 Å². The zero-order chi connectivity index (χ0) is 4.50. The molecular weight excluding hydrogens is 248 g/mol. The predicted molar refractivity (Wildman–Crippen MR) is 33.8 cm³/mol. The summed E-state index contributed by atoms with van der Waals surface area (Å²) < 4.78 is 34.1. The van der Waals surface area contributed by atoms with Crippen molar-refractivity contribution in [1.82, 2.24) is 0 Å². The van der Waals surface area contributed by atoms with Gasteiger partial charge in [-0.3, -0.25) is 8.42 Å². The fraction of sp³-hybridized carbons (Fsp3) is 0. The Labute approximate surface area is 92.6 Å². The van der Waals surface area contributed by atoms with E-state index in [1.165, 1.54) is 0 Å². The van der Waals surface area contributed by atoms with Gasteiger partial charge in [-0.1, -0.05) is 0 Å². The van der Waals surface area contributed by atoms with E-state index in [4.69, 9.17) is 17.5 Å². The van der Waals surface area contributed by atoms with Crippen molar-refractivity contribution >= 4 is 65.1 Å². The molecule has 0 bridgehead atoms. The Kier molecular flexibility index (Phi) is 42.5. The zero-order valence-corrected chi connectivity index (χ0v) is 8.89. The van der Waals surface area contributed by atoms with E-state index in [2.05, 4.69) is 0 Å². The van der Waals surface area contributed by atoms with Crippen LogP contribution < -0.4 is 0 Å². The number of hydrogen-bond donors (Lipinski definition) is 0. The van der Waals surface area contributed by atoms with Crippen LogP contribution in [0.2, 0.25) is 0 Å². The fourth-order valence-corrected chi connectivity index (χ4v) is 0. The van der Waals surface area contributed by atoms with Gasteiger partial charge in [-0.15, -0.1) is 17.0 Å². The molecule has 0 aliphatic rings. The van der Waals surface area contributed by atoms with Gasteiger partial charge in [0, 0.05) is 10.4 Å². The number of halogens is 1. The molecule has 0 amide bonds. The molecule has 0 fully saturated rings. The summed E-state index contributed by atoms with van der Waals surface area (Å²) in [5.41, 5.74) is 0. The molecular formula is H5BrCaO6S. The SMILES string of the molecule is Br.O.O.O=S(=O)([O-])[O-].[Ca+2]. The molecule has 4 N–H and O–H groups in total. The van der Waals surface area contributed by atoms with Crippen molar-refractivity contribution in [1.29, 1.82) is 0 Å². The van der Waals surface area contributed by atoms with Gasteiger partial charge in [-0.2, -0.15) is 0 Å². The van der Waals surface area contributed by atoms with E-state index < -0.39 is 10.4 Å². The van der Waals surface area contributed by atoms with E-state index in [1.807, 2.05) is 0 Å². The average molecular weight is 253 g/mol. The minimum absolute atomic E-state index is 0. The first-order valence-corrected chi connectivity index (χ1v) is 2.00. The largest absolute Gasteiger partial charge is 2.00 e. The molecule has 0 spiro atoms. The molecule has 0 unspecified atom stereocenters. The van der Waals surface area contributed by atoms with Gasteiger partial charge in [-0.25, -0.2) is 0 Å². The minimum atomic E-state index is -5.17. The molecule has 0 aromatic carbocycles. The monoisotopic (exact) mass is 252 g/mol. The van der Waals surface area contributed by atoms with Crippen LogP contribution in [0.3, 0.4) is 0 Å². The number of hydrogen-bond acceptors (Lipinski definition) is 4. The Balaban J connectivity index is -0.0000000133. The Morgan fingerprint density at radius 3 is 1.00 bits per heavy atom. The normalized spacial score (nSPS) is 6.44. The van der Waals surface area contributed by atoms with E-state index in [0.29, 0.717) is 0 Å². The van der Waals surface area contributed by atoms with Gasteiger partial charge in [-0.05, 0) is 0 Å². The second kappa shape index (κ2) is 12.2. The molecule has 0 saturated heterocycles. The molecule has 0 rings (SSSR count). The van der Waals surface area contributed by atoms with Crippen molar-refractivity contribution in [2.45, 2.75) is 0 Å². The van der Waals surface area contributed by atoms with E-state index in [-0.39, 0.29) is 65.7 Å². The standard InChI is InChI=1S/BrH.Ca.H2O4S.2H2O/c;;1-5(2,3)4;;/h1H;;(H2,1,2,3,4);2*1H2/q;+2;;;/p-2. The molecule has 56 valence electrons. The van der Waals surface area contributed by atoms with Crippen molar-refractivity contribution in [3.8, 4) is 0 Å². The molecule has 0 heterocycles. The van der Waals surface area contributed by atoms with Gasteiger partial charge in [0.25, 0.3) is 0 Å². The third-order valence-electron chi connectivity index (χ3n) is 0. The summed E-state index contributed by atoms with van der Waals surface area (Å²) in [7, 11) is -5.17. The molecule has 0 saturated carbocycles. The van der Waals surface area contributed by atoms with Crippen molar-refractivity contribution in [2.75, 3.05) is 0 Å². The molecule has 6 nitrogen and oxygen atoms in total. The van der Waals surface area contributed by atoms with Crippen molar-refractivity contribution < 1.29 is 28.5 Å². The predicted octanol–water partition coefficient (Wildman–Crippen LogP) is -2.79. The summed E-state index contributed by atoms with van der Waals surface area (Å²) in [6.45, 7) is 0. The Morgan fingerprint density at radius 1 is 1.00 bits per heavy atom. The van der Waals surface area contributed by atoms with Crippen LogP contribution in [0.4, 0.5) is 0 Å². The first-order chi connectivity index (χ1) is 2.00. The number of rotatable bonds is 0. The Hall–Kier alpha value is 1.53. The second-order valence-corrected chi connectivity index (χ2v) is 1.22. The molecule has 0 aromatic rings. The summed E-state index contributed by atoms with van der Waals surface area (Å²) in [4.78, 5) is 0. The molecule has 9 heteroatoms. The first-order valence-electron chi connectivity index (χ1n) is 0.667. The Bertz CT molecular complexity index is 96.2. The maximum Gasteiger partial charge on any atom is 2.00 e. The quantitative estimate of drug-likeness (QED) is 0.261. The molecule has 0 atom stereocenters. The first kappa shape index (κ1) is 31.3. The van der Waals surface area contributed by atoms with Crippen LogP contribution in [0.5, 0.6) is 0 Å². The van der Waals surface area contributed by atoms with E-state index in [1.54, 1.807) is 0 Å². The van der Waals surface area contributed by atoms with Gasteiger partial charge in [0.05, 0.1) is 0 Å². The maximum absolute atomic E-state index is 8.52. The van der Waals surface area contributed by atoms with Crippen LogP contribution in [-0.4, -0.2) is 66.2 Å². The third-order valence-corrected chi connectivity index (χ3v) is 0. The van der Waals surface area contributed by atoms with Crippen molar-refractivity contribution in [3.63, 3.8) is 0 Å². The maximum atomic E-state index is 8.52. The van der Waals surface area contributed by atoms with Gasteiger partial charge in [0.2, 0.25) is 0 Å². The molecule has 0 aliphatic carbocycles. The van der Waals surface area contributed by atoms with Gasteiger partial charge in [0.1, 0.15) is 0 Å². The third kappa shape index (κ3) is 231. The smallest absolute Gasteiger partial charge is 0.759 e. The molecule has 9 heavy (non-hydrogen) atoms. The van der Waals surface area contributed by atoms with Crippen molar-refractivity contribution in [3.05, 3.63) is 0 Å². The molecule has 0 aromatic heterocycles. The van der Waals surface area contributed by atoms with E-state index in [9.17, 15) is 0 Å². The van der Waals surface area contributed by atoms with Crippen molar-refractivity contribution in [2.24, 2.45) is 0 Å². The fourth-order valence-electron chi connectivity index (χ4n) is 0. The van der Waals surface area contributed by atoms with Gasteiger partial charge >= 0.3 is 37.7 Å². The second-order valence-electron chi connectivity index (χ2n) is 0.408. The molecule has 0 radical (unpaired) electrons. The molecule has 0 aliphatic heterocycles. The van der Waals surface area contributed by atoms with E-state index >= 15 is 0 Å². The minimum Gasteiger partial charge on any atom is -0.759 e. The zero-order valence-electron chi connectivity index (χ0n) is 4.16.